The lowest BCUT2D eigenvalue weighted by molar-refractivity contribution is -0.114. The summed E-state index contributed by atoms with van der Waals surface area (Å²) in [5, 5.41) is 4.62. The molecule has 7 nitrogen and oxygen atoms in total. The van der Waals surface area contributed by atoms with E-state index in [0.717, 1.165) is 17.5 Å². The summed E-state index contributed by atoms with van der Waals surface area (Å²) in [7, 11) is -3.84. The molecule has 0 atom stereocenters. The van der Waals surface area contributed by atoms with E-state index in [0.29, 0.717) is 40.5 Å². The van der Waals surface area contributed by atoms with Gasteiger partial charge in [0.25, 0.3) is 15.9 Å². The molecule has 0 fully saturated rings. The van der Waals surface area contributed by atoms with E-state index < -0.39 is 10.0 Å². The minimum absolute atomic E-state index is 0.00755. The molecule has 0 unspecified atom stereocenters. The lowest BCUT2D eigenvalue weighted by atomic mass is 9.99. The minimum atomic E-state index is -3.84. The van der Waals surface area contributed by atoms with E-state index in [1.807, 2.05) is 23.6 Å². The van der Waals surface area contributed by atoms with Gasteiger partial charge in [0.05, 0.1) is 9.77 Å². The summed E-state index contributed by atoms with van der Waals surface area (Å²) < 4.78 is 28.8. The van der Waals surface area contributed by atoms with Crippen molar-refractivity contribution in [3.05, 3.63) is 75.0 Å². The van der Waals surface area contributed by atoms with Gasteiger partial charge in [0.2, 0.25) is 5.91 Å². The Morgan fingerprint density at radius 3 is 2.39 bits per heavy atom. The number of sulfonamides is 1. The lowest BCUT2D eigenvalue weighted by Gasteiger charge is -2.29. The maximum Gasteiger partial charge on any atom is 0.264 e. The number of nitrogens with one attached hydrogen (secondary N) is 2. The number of rotatable bonds is 5. The van der Waals surface area contributed by atoms with Crippen molar-refractivity contribution in [2.45, 2.75) is 38.6 Å². The molecule has 0 saturated carbocycles. The van der Waals surface area contributed by atoms with E-state index in [-0.39, 0.29) is 16.7 Å². The van der Waals surface area contributed by atoms with Gasteiger partial charge in [0.1, 0.15) is 0 Å². The molecule has 33 heavy (non-hydrogen) atoms. The molecule has 0 bridgehead atoms. The molecule has 2 aromatic carbocycles. The van der Waals surface area contributed by atoms with Gasteiger partial charge in [-0.1, -0.05) is 12.1 Å². The number of amides is 2. The van der Waals surface area contributed by atoms with Crippen LogP contribution in [0.3, 0.4) is 0 Å². The second-order valence-electron chi connectivity index (χ2n) is 8.16. The zero-order valence-electron chi connectivity index (χ0n) is 18.6. The molecule has 0 saturated heterocycles. The fourth-order valence-corrected chi connectivity index (χ4v) is 5.93. The molecule has 0 radical (unpaired) electrons. The highest BCUT2D eigenvalue weighted by Crippen LogP contribution is 2.28. The van der Waals surface area contributed by atoms with Crippen LogP contribution >= 0.6 is 11.3 Å². The van der Waals surface area contributed by atoms with E-state index in [1.165, 1.54) is 18.3 Å². The van der Waals surface area contributed by atoms with E-state index in [4.69, 9.17) is 0 Å². The summed E-state index contributed by atoms with van der Waals surface area (Å²) in [6.07, 6.45) is 0.725. The third-order valence-corrected chi connectivity index (χ3v) is 7.83. The van der Waals surface area contributed by atoms with Crippen LogP contribution in [0.25, 0.3) is 0 Å². The van der Waals surface area contributed by atoms with Crippen LogP contribution in [0.2, 0.25) is 0 Å². The maximum absolute atomic E-state index is 13.1. The first-order valence-corrected chi connectivity index (χ1v) is 12.9. The SMILES string of the molecule is CC(=O)Nc1c(C)cc(S(=O)(=O)Nc2ccc3c(c2)CN(C(=O)c2cccs2)CC3)cc1C. The highest BCUT2D eigenvalue weighted by Gasteiger charge is 2.24. The number of carbonyl (C=O) groups excluding carboxylic acids is 2. The van der Waals surface area contributed by atoms with Crippen LogP contribution < -0.4 is 10.0 Å². The zero-order valence-corrected chi connectivity index (χ0v) is 20.3. The minimum Gasteiger partial charge on any atom is -0.333 e. The lowest BCUT2D eigenvalue weighted by Crippen LogP contribution is -2.35. The van der Waals surface area contributed by atoms with Crippen molar-refractivity contribution in [3.8, 4) is 0 Å². The summed E-state index contributed by atoms with van der Waals surface area (Å²) in [5.41, 5.74) is 4.43. The number of aryl methyl sites for hydroxylation is 2. The molecule has 2 amide bonds. The predicted octanol–water partition coefficient (Wildman–Crippen LogP) is 4.32. The maximum atomic E-state index is 13.1. The Bertz CT molecular complexity index is 1310. The van der Waals surface area contributed by atoms with Gasteiger partial charge in [-0.15, -0.1) is 11.3 Å². The van der Waals surface area contributed by atoms with E-state index in [9.17, 15) is 18.0 Å². The predicted molar refractivity (Wildman–Crippen MR) is 130 cm³/mol. The Balaban J connectivity index is 1.56. The van der Waals surface area contributed by atoms with Crippen molar-refractivity contribution in [1.29, 1.82) is 0 Å². The molecule has 1 aliphatic rings. The molecule has 2 N–H and O–H groups in total. The third-order valence-electron chi connectivity index (χ3n) is 5.61. The average molecular weight is 484 g/mol. The first-order chi connectivity index (χ1) is 15.6. The third kappa shape index (κ3) is 4.94. The fourth-order valence-electron chi connectivity index (χ4n) is 4.02. The van der Waals surface area contributed by atoms with Crippen LogP contribution in [0.1, 0.15) is 38.8 Å². The van der Waals surface area contributed by atoms with Gasteiger partial charge in [-0.05, 0) is 78.2 Å². The normalized spacial score (nSPS) is 13.4. The number of hydrogen-bond acceptors (Lipinski definition) is 5. The van der Waals surface area contributed by atoms with Crippen molar-refractivity contribution < 1.29 is 18.0 Å². The Morgan fingerprint density at radius 1 is 1.03 bits per heavy atom. The van der Waals surface area contributed by atoms with Crippen molar-refractivity contribution in [1.82, 2.24) is 4.90 Å². The summed E-state index contributed by atoms with van der Waals surface area (Å²) >= 11 is 1.41. The van der Waals surface area contributed by atoms with Gasteiger partial charge in [-0.2, -0.15) is 0 Å². The number of benzene rings is 2. The summed E-state index contributed by atoms with van der Waals surface area (Å²) in [5.74, 6) is -0.220. The van der Waals surface area contributed by atoms with Crippen LogP contribution in [0.15, 0.2) is 52.7 Å². The first kappa shape index (κ1) is 23.0. The molecule has 2 heterocycles. The first-order valence-electron chi connectivity index (χ1n) is 10.5. The quantitative estimate of drug-likeness (QED) is 0.565. The van der Waals surface area contributed by atoms with Gasteiger partial charge in [-0.3, -0.25) is 14.3 Å². The van der Waals surface area contributed by atoms with Crippen molar-refractivity contribution in [3.63, 3.8) is 0 Å². The zero-order chi connectivity index (χ0) is 23.8. The molecule has 9 heteroatoms. The summed E-state index contributed by atoms with van der Waals surface area (Å²) in [6, 6.07) is 12.2. The second-order valence-corrected chi connectivity index (χ2v) is 10.8. The van der Waals surface area contributed by atoms with Gasteiger partial charge < -0.3 is 10.2 Å². The highest BCUT2D eigenvalue weighted by molar-refractivity contribution is 7.92. The molecule has 1 aliphatic heterocycles. The molecule has 172 valence electrons. The molecule has 4 rings (SSSR count). The number of fused-ring (bicyclic) bond motifs is 1. The number of carbonyl (C=O) groups is 2. The molecule has 1 aromatic heterocycles. The second kappa shape index (κ2) is 8.99. The van der Waals surface area contributed by atoms with E-state index >= 15 is 0 Å². The van der Waals surface area contributed by atoms with Gasteiger partial charge in [0.15, 0.2) is 0 Å². The Kier molecular flexibility index (Phi) is 6.27. The average Bonchev–Trinajstić information content (AvgIpc) is 3.29. The highest BCUT2D eigenvalue weighted by atomic mass is 32.2. The van der Waals surface area contributed by atoms with Crippen LogP contribution in [-0.2, 0) is 27.8 Å². The molecule has 3 aromatic rings. The van der Waals surface area contributed by atoms with Gasteiger partial charge in [-0.25, -0.2) is 8.42 Å². The summed E-state index contributed by atoms with van der Waals surface area (Å²) in [4.78, 5) is 26.8. The van der Waals surface area contributed by atoms with Crippen molar-refractivity contribution in [2.75, 3.05) is 16.6 Å². The largest absolute Gasteiger partial charge is 0.333 e. The van der Waals surface area contributed by atoms with Crippen molar-refractivity contribution >= 4 is 44.5 Å². The number of hydrogen-bond donors (Lipinski definition) is 2. The van der Waals surface area contributed by atoms with E-state index in [1.54, 1.807) is 43.0 Å². The number of thiophene rings is 1. The number of nitrogens with zero attached hydrogens (tertiary/aromatic N) is 1. The number of anilines is 2. The standard InChI is InChI=1S/C24H25N3O4S2/c1-15-11-21(12-16(2)23(15)25-17(3)28)33(30,31)26-20-7-6-18-8-9-27(14-19(18)13-20)24(29)22-5-4-10-32-22/h4-7,10-13,26H,8-9,14H2,1-3H3,(H,25,28). The monoisotopic (exact) mass is 483 g/mol. The molecule has 0 spiro atoms. The van der Waals surface area contributed by atoms with Crippen LogP contribution in [0.4, 0.5) is 11.4 Å². The molecular weight excluding hydrogens is 458 g/mol. The van der Waals surface area contributed by atoms with Crippen LogP contribution in [-0.4, -0.2) is 31.7 Å². The van der Waals surface area contributed by atoms with Crippen LogP contribution in [0, 0.1) is 13.8 Å². The summed E-state index contributed by atoms with van der Waals surface area (Å²) in [6.45, 7) is 6.00. The Hall–Kier alpha value is -3.17. The van der Waals surface area contributed by atoms with Gasteiger partial charge >= 0.3 is 0 Å². The molecular formula is C24H25N3O4S2. The fraction of sp³-hybridized carbons (Fsp3) is 0.250. The van der Waals surface area contributed by atoms with Crippen molar-refractivity contribution in [2.24, 2.45) is 0 Å². The van der Waals surface area contributed by atoms with Gasteiger partial charge in [0, 0.05) is 31.4 Å². The molecule has 0 aliphatic carbocycles. The Morgan fingerprint density at radius 2 is 1.76 bits per heavy atom. The Labute approximate surface area is 197 Å². The topological polar surface area (TPSA) is 95.6 Å². The smallest absolute Gasteiger partial charge is 0.264 e. The van der Waals surface area contributed by atoms with E-state index in [2.05, 4.69) is 10.0 Å². The van der Waals surface area contributed by atoms with Crippen LogP contribution in [0.5, 0.6) is 0 Å².